The smallest absolute Gasteiger partial charge is 0.367 e. The van der Waals surface area contributed by atoms with Crippen LogP contribution >= 0.6 is 0 Å². The summed E-state index contributed by atoms with van der Waals surface area (Å²) < 4.78 is 41.9. The van der Waals surface area contributed by atoms with Crippen molar-refractivity contribution in [3.8, 4) is 0 Å². The number of hydrogen-bond acceptors (Lipinski definition) is 6. The lowest BCUT2D eigenvalue weighted by Crippen LogP contribution is -2.47. The second-order valence-corrected chi connectivity index (χ2v) is 7.95. The quantitative estimate of drug-likeness (QED) is 0.561. The van der Waals surface area contributed by atoms with E-state index in [1.807, 2.05) is 4.90 Å². The number of para-hydroxylation sites is 1. The number of nitrogens with zero attached hydrogens (tertiary/aromatic N) is 4. The molecule has 0 aliphatic carbocycles. The Bertz CT molecular complexity index is 1240. The highest BCUT2D eigenvalue weighted by Gasteiger charge is 2.36. The third-order valence-electron chi connectivity index (χ3n) is 5.85. The standard InChI is InChI=1S/C24H21F3N6O/c25-24(26,27)19-14-16(30-15-18-17-4-1-2-5-20(17)31-22(18)34)6-7-21(19)32-10-12-33(13-11-32)23-28-8-3-9-29-23/h1-9,14-15,30H,10-13H2,(H,31,34)/b18-15+. The maximum absolute atomic E-state index is 14.0. The van der Waals surface area contributed by atoms with E-state index in [-0.39, 0.29) is 17.3 Å². The molecule has 34 heavy (non-hydrogen) atoms. The van der Waals surface area contributed by atoms with Crippen molar-refractivity contribution >= 4 is 34.5 Å². The van der Waals surface area contributed by atoms with Gasteiger partial charge < -0.3 is 20.4 Å². The highest BCUT2D eigenvalue weighted by molar-refractivity contribution is 6.31. The van der Waals surface area contributed by atoms with Crippen LogP contribution in [0.25, 0.3) is 5.57 Å². The Morgan fingerprint density at radius 3 is 2.38 bits per heavy atom. The van der Waals surface area contributed by atoms with Gasteiger partial charge in [0, 0.05) is 67.4 Å². The average Bonchev–Trinajstić information content (AvgIpc) is 3.17. The van der Waals surface area contributed by atoms with Crippen molar-refractivity contribution in [3.63, 3.8) is 0 Å². The van der Waals surface area contributed by atoms with E-state index in [4.69, 9.17) is 0 Å². The first-order chi connectivity index (χ1) is 16.4. The minimum Gasteiger partial charge on any atom is -0.367 e. The Balaban J connectivity index is 1.36. The molecule has 174 valence electrons. The van der Waals surface area contributed by atoms with E-state index in [0.717, 1.165) is 6.07 Å². The molecule has 2 aliphatic heterocycles. The second-order valence-electron chi connectivity index (χ2n) is 7.95. The van der Waals surface area contributed by atoms with Gasteiger partial charge in [0.15, 0.2) is 0 Å². The fourth-order valence-corrected chi connectivity index (χ4v) is 4.17. The maximum atomic E-state index is 14.0. The summed E-state index contributed by atoms with van der Waals surface area (Å²) in [7, 11) is 0. The highest BCUT2D eigenvalue weighted by Crippen LogP contribution is 2.39. The summed E-state index contributed by atoms with van der Waals surface area (Å²) in [5.74, 6) is 0.268. The normalized spacial score (nSPS) is 17.0. The monoisotopic (exact) mass is 466 g/mol. The summed E-state index contributed by atoms with van der Waals surface area (Å²) in [4.78, 5) is 24.4. The van der Waals surface area contributed by atoms with E-state index in [1.165, 1.54) is 12.3 Å². The maximum Gasteiger partial charge on any atom is 0.418 e. The number of amides is 1. The van der Waals surface area contributed by atoms with Gasteiger partial charge in [0.2, 0.25) is 5.95 Å². The van der Waals surface area contributed by atoms with E-state index in [9.17, 15) is 18.0 Å². The van der Waals surface area contributed by atoms with Crippen LogP contribution in [0.4, 0.5) is 36.2 Å². The van der Waals surface area contributed by atoms with Gasteiger partial charge in [-0.15, -0.1) is 0 Å². The first-order valence-electron chi connectivity index (χ1n) is 10.8. The van der Waals surface area contributed by atoms with Crippen LogP contribution in [0.15, 0.2) is 67.1 Å². The summed E-state index contributed by atoms with van der Waals surface area (Å²) in [6, 6.07) is 13.0. The van der Waals surface area contributed by atoms with Gasteiger partial charge in [-0.25, -0.2) is 9.97 Å². The number of hydrogen-bond donors (Lipinski definition) is 2. The molecule has 0 atom stereocenters. The van der Waals surface area contributed by atoms with Crippen molar-refractivity contribution < 1.29 is 18.0 Å². The fourth-order valence-electron chi connectivity index (χ4n) is 4.17. The number of rotatable bonds is 4. The predicted octanol–water partition coefficient (Wildman–Crippen LogP) is 4.23. The minimum absolute atomic E-state index is 0.128. The summed E-state index contributed by atoms with van der Waals surface area (Å²) >= 11 is 0. The summed E-state index contributed by atoms with van der Waals surface area (Å²) in [5, 5.41) is 5.60. The zero-order valence-corrected chi connectivity index (χ0v) is 18.0. The topological polar surface area (TPSA) is 73.4 Å². The van der Waals surface area contributed by atoms with E-state index in [2.05, 4.69) is 20.6 Å². The molecule has 0 unspecified atom stereocenters. The van der Waals surface area contributed by atoms with Gasteiger partial charge in [0.05, 0.1) is 11.1 Å². The molecule has 2 N–H and O–H groups in total. The number of benzene rings is 2. The Kier molecular flexibility index (Phi) is 5.56. The second kappa shape index (κ2) is 8.69. The third kappa shape index (κ3) is 4.26. The van der Waals surface area contributed by atoms with E-state index < -0.39 is 11.7 Å². The molecule has 3 heterocycles. The van der Waals surface area contributed by atoms with Gasteiger partial charge in [0.25, 0.3) is 5.91 Å². The Morgan fingerprint density at radius 1 is 0.941 bits per heavy atom. The lowest BCUT2D eigenvalue weighted by Gasteiger charge is -2.37. The van der Waals surface area contributed by atoms with E-state index >= 15 is 0 Å². The average molecular weight is 466 g/mol. The Morgan fingerprint density at radius 2 is 1.65 bits per heavy atom. The first-order valence-corrected chi connectivity index (χ1v) is 10.8. The molecule has 1 amide bonds. The minimum atomic E-state index is -4.53. The van der Waals surface area contributed by atoms with Crippen LogP contribution < -0.4 is 20.4 Å². The largest absolute Gasteiger partial charge is 0.418 e. The van der Waals surface area contributed by atoms with Gasteiger partial charge >= 0.3 is 6.18 Å². The molecule has 3 aromatic rings. The lowest BCUT2D eigenvalue weighted by atomic mass is 10.1. The number of carbonyl (C=O) groups is 1. The number of aromatic nitrogens is 2. The van der Waals surface area contributed by atoms with Crippen LogP contribution in [0, 0.1) is 0 Å². The summed E-state index contributed by atoms with van der Waals surface area (Å²) in [6.07, 6.45) is 0.197. The number of halogens is 3. The molecule has 7 nitrogen and oxygen atoms in total. The Labute approximate surface area is 193 Å². The van der Waals surface area contributed by atoms with Crippen molar-refractivity contribution in [1.29, 1.82) is 0 Å². The van der Waals surface area contributed by atoms with Gasteiger partial charge in [-0.1, -0.05) is 18.2 Å². The molecular formula is C24H21F3N6O. The SMILES string of the molecule is O=C1Nc2ccccc2/C1=C\Nc1ccc(N2CCN(c3ncccn3)CC2)c(C(F)(F)F)c1. The van der Waals surface area contributed by atoms with Crippen molar-refractivity contribution in [1.82, 2.24) is 9.97 Å². The van der Waals surface area contributed by atoms with Crippen LogP contribution in [-0.2, 0) is 11.0 Å². The number of nitrogens with one attached hydrogen (secondary N) is 2. The van der Waals surface area contributed by atoms with Crippen molar-refractivity contribution in [2.75, 3.05) is 46.6 Å². The van der Waals surface area contributed by atoms with Gasteiger partial charge in [0.1, 0.15) is 0 Å². The zero-order valence-electron chi connectivity index (χ0n) is 18.0. The molecule has 0 saturated carbocycles. The molecule has 0 spiro atoms. The van der Waals surface area contributed by atoms with Crippen molar-refractivity contribution in [2.45, 2.75) is 6.18 Å². The van der Waals surface area contributed by atoms with Crippen LogP contribution in [0.1, 0.15) is 11.1 Å². The summed E-state index contributed by atoms with van der Waals surface area (Å²) in [6.45, 7) is 1.86. The summed E-state index contributed by atoms with van der Waals surface area (Å²) in [5.41, 5.74) is 1.39. The first kappa shape index (κ1) is 21.7. The fraction of sp³-hybridized carbons (Fsp3) is 0.208. The predicted molar refractivity (Wildman–Crippen MR) is 125 cm³/mol. The zero-order chi connectivity index (χ0) is 23.7. The number of anilines is 4. The molecule has 1 aromatic heterocycles. The molecule has 0 bridgehead atoms. The van der Waals surface area contributed by atoms with Gasteiger partial charge in [-0.2, -0.15) is 13.2 Å². The number of carbonyl (C=O) groups excluding carboxylic acids is 1. The molecule has 1 fully saturated rings. The number of fused-ring (bicyclic) bond motifs is 1. The molecular weight excluding hydrogens is 445 g/mol. The van der Waals surface area contributed by atoms with E-state index in [0.29, 0.717) is 49.0 Å². The molecule has 2 aromatic carbocycles. The molecule has 5 rings (SSSR count). The van der Waals surface area contributed by atoms with Crippen molar-refractivity contribution in [3.05, 3.63) is 78.3 Å². The van der Waals surface area contributed by atoms with Crippen molar-refractivity contribution in [2.24, 2.45) is 0 Å². The molecule has 10 heteroatoms. The van der Waals surface area contributed by atoms with Gasteiger partial charge in [-0.05, 0) is 30.3 Å². The molecule has 0 radical (unpaired) electrons. The molecule has 1 saturated heterocycles. The van der Waals surface area contributed by atoms with Crippen LogP contribution in [-0.4, -0.2) is 42.1 Å². The lowest BCUT2D eigenvalue weighted by molar-refractivity contribution is -0.137. The van der Waals surface area contributed by atoms with Crippen LogP contribution in [0.5, 0.6) is 0 Å². The number of piperazine rings is 1. The highest BCUT2D eigenvalue weighted by atomic mass is 19.4. The number of alkyl halides is 3. The van der Waals surface area contributed by atoms with E-state index in [1.54, 1.807) is 53.7 Å². The van der Waals surface area contributed by atoms with Crippen LogP contribution in [0.2, 0.25) is 0 Å². The van der Waals surface area contributed by atoms with Crippen LogP contribution in [0.3, 0.4) is 0 Å². The van der Waals surface area contributed by atoms with Gasteiger partial charge in [-0.3, -0.25) is 4.79 Å². The molecule has 2 aliphatic rings. The Hall–Kier alpha value is -4.08. The third-order valence-corrected chi connectivity index (χ3v) is 5.85.